The molecule has 1 aromatic heterocycles. The number of aromatic nitrogens is 2. The van der Waals surface area contributed by atoms with E-state index in [0.717, 1.165) is 12.0 Å². The molecule has 1 heterocycles. The largest absolute Gasteiger partial charge is 0.461 e. The van der Waals surface area contributed by atoms with E-state index >= 15 is 0 Å². The van der Waals surface area contributed by atoms with Gasteiger partial charge in [-0.3, -0.25) is 0 Å². The van der Waals surface area contributed by atoms with Gasteiger partial charge in [0.15, 0.2) is 5.69 Å². The summed E-state index contributed by atoms with van der Waals surface area (Å²) in [7, 11) is 0. The maximum absolute atomic E-state index is 12.5. The SMILES string of the molecule is CCOC(=O)c1c(C#CC(C)(C)O)nc(Cl)n1CC1=CC=C(C)CC=C1. The van der Waals surface area contributed by atoms with Gasteiger partial charge in [0.05, 0.1) is 13.2 Å². The van der Waals surface area contributed by atoms with E-state index in [-0.39, 0.29) is 23.3 Å². The van der Waals surface area contributed by atoms with Gasteiger partial charge in [-0.05, 0) is 57.2 Å². The van der Waals surface area contributed by atoms with Gasteiger partial charge >= 0.3 is 5.97 Å². The van der Waals surface area contributed by atoms with Crippen molar-refractivity contribution < 1.29 is 14.6 Å². The Hall–Kier alpha value is -2.29. The van der Waals surface area contributed by atoms with Crippen LogP contribution in [0.15, 0.2) is 35.5 Å². The number of halogens is 1. The monoisotopic (exact) mass is 374 g/mol. The van der Waals surface area contributed by atoms with Crippen LogP contribution in [0.1, 0.15) is 50.3 Å². The number of esters is 1. The van der Waals surface area contributed by atoms with E-state index in [1.54, 1.807) is 25.3 Å². The molecule has 26 heavy (non-hydrogen) atoms. The van der Waals surface area contributed by atoms with E-state index in [0.29, 0.717) is 6.54 Å². The second kappa shape index (κ2) is 8.39. The van der Waals surface area contributed by atoms with Crippen LogP contribution >= 0.6 is 11.6 Å². The molecule has 0 aliphatic heterocycles. The Labute approximate surface area is 159 Å². The molecule has 1 N–H and O–H groups in total. The highest BCUT2D eigenvalue weighted by Gasteiger charge is 2.23. The van der Waals surface area contributed by atoms with Crippen LogP contribution < -0.4 is 0 Å². The number of carbonyl (C=O) groups is 1. The van der Waals surface area contributed by atoms with Crippen LogP contribution in [0.3, 0.4) is 0 Å². The fraction of sp³-hybridized carbons (Fsp3) is 0.400. The number of allylic oxidation sites excluding steroid dienone is 6. The van der Waals surface area contributed by atoms with Crippen LogP contribution in [-0.4, -0.2) is 32.8 Å². The highest BCUT2D eigenvalue weighted by molar-refractivity contribution is 6.28. The molecule has 0 saturated carbocycles. The highest BCUT2D eigenvalue weighted by atomic mass is 35.5. The number of nitrogens with zero attached hydrogens (tertiary/aromatic N) is 2. The van der Waals surface area contributed by atoms with E-state index in [2.05, 4.69) is 29.8 Å². The molecular weight excluding hydrogens is 352 g/mol. The van der Waals surface area contributed by atoms with Gasteiger partial charge in [-0.15, -0.1) is 0 Å². The Balaban J connectivity index is 2.49. The molecule has 1 aliphatic rings. The van der Waals surface area contributed by atoms with E-state index in [1.165, 1.54) is 5.57 Å². The lowest BCUT2D eigenvalue weighted by Gasteiger charge is -2.10. The van der Waals surface area contributed by atoms with Crippen molar-refractivity contribution in [2.24, 2.45) is 0 Å². The van der Waals surface area contributed by atoms with Crippen molar-refractivity contribution in [3.63, 3.8) is 0 Å². The molecule has 1 aliphatic carbocycles. The first-order chi connectivity index (χ1) is 12.2. The number of rotatable bonds is 4. The van der Waals surface area contributed by atoms with Gasteiger partial charge in [-0.25, -0.2) is 9.78 Å². The molecule has 0 bridgehead atoms. The van der Waals surface area contributed by atoms with Gasteiger partial charge in [-0.1, -0.05) is 35.8 Å². The minimum Gasteiger partial charge on any atom is -0.461 e. The van der Waals surface area contributed by atoms with Crippen molar-refractivity contribution in [1.82, 2.24) is 9.55 Å². The Bertz CT molecular complexity index is 843. The summed E-state index contributed by atoms with van der Waals surface area (Å²) in [5.74, 6) is 4.86. The number of hydrogen-bond donors (Lipinski definition) is 1. The fourth-order valence-corrected chi connectivity index (χ4v) is 2.56. The van der Waals surface area contributed by atoms with Crippen molar-refractivity contribution in [2.75, 3.05) is 6.61 Å². The predicted molar refractivity (Wildman–Crippen MR) is 102 cm³/mol. The summed E-state index contributed by atoms with van der Waals surface area (Å²) in [5, 5.41) is 9.97. The minimum absolute atomic E-state index is 0.146. The van der Waals surface area contributed by atoms with E-state index in [4.69, 9.17) is 16.3 Å². The lowest BCUT2D eigenvalue weighted by molar-refractivity contribution is 0.0514. The summed E-state index contributed by atoms with van der Waals surface area (Å²) in [6.07, 6.45) is 8.98. The van der Waals surface area contributed by atoms with Crippen molar-refractivity contribution in [3.8, 4) is 11.8 Å². The summed E-state index contributed by atoms with van der Waals surface area (Å²) in [6.45, 7) is 7.49. The van der Waals surface area contributed by atoms with Gasteiger partial charge in [0.1, 0.15) is 11.3 Å². The molecule has 0 radical (unpaired) electrons. The lowest BCUT2D eigenvalue weighted by atomic mass is 10.1. The first kappa shape index (κ1) is 20.0. The molecule has 0 saturated heterocycles. The fourth-order valence-electron chi connectivity index (χ4n) is 2.33. The topological polar surface area (TPSA) is 64.3 Å². The second-order valence-corrected chi connectivity index (χ2v) is 6.89. The predicted octanol–water partition coefficient (Wildman–Crippen LogP) is 3.67. The van der Waals surface area contributed by atoms with Gasteiger partial charge < -0.3 is 14.4 Å². The van der Waals surface area contributed by atoms with E-state index < -0.39 is 11.6 Å². The minimum atomic E-state index is -1.21. The van der Waals surface area contributed by atoms with E-state index in [9.17, 15) is 9.90 Å². The molecule has 1 aromatic rings. The maximum Gasteiger partial charge on any atom is 0.358 e. The first-order valence-electron chi connectivity index (χ1n) is 8.43. The van der Waals surface area contributed by atoms with Gasteiger partial charge in [0, 0.05) is 0 Å². The maximum atomic E-state index is 12.5. The summed E-state index contributed by atoms with van der Waals surface area (Å²) >= 11 is 6.28. The molecule has 2 rings (SSSR count). The average molecular weight is 375 g/mol. The quantitative estimate of drug-likeness (QED) is 0.645. The summed E-state index contributed by atoms with van der Waals surface area (Å²) < 4.78 is 6.73. The van der Waals surface area contributed by atoms with Crippen molar-refractivity contribution in [2.45, 2.75) is 46.3 Å². The third-order valence-electron chi connectivity index (χ3n) is 3.57. The Morgan fingerprint density at radius 2 is 2.19 bits per heavy atom. The zero-order valence-corrected chi connectivity index (χ0v) is 16.2. The molecule has 0 unspecified atom stereocenters. The molecule has 0 spiro atoms. The van der Waals surface area contributed by atoms with E-state index in [1.807, 2.05) is 18.2 Å². The van der Waals surface area contributed by atoms with Gasteiger partial charge in [-0.2, -0.15) is 0 Å². The normalized spacial score (nSPS) is 14.1. The summed E-state index contributed by atoms with van der Waals surface area (Å²) in [6, 6.07) is 0. The molecule has 0 aromatic carbocycles. The number of carbonyl (C=O) groups excluding carboxylic acids is 1. The summed E-state index contributed by atoms with van der Waals surface area (Å²) in [4.78, 5) is 16.7. The van der Waals surface area contributed by atoms with Crippen LogP contribution in [-0.2, 0) is 11.3 Å². The molecule has 0 atom stereocenters. The molecule has 6 heteroatoms. The van der Waals surface area contributed by atoms with Gasteiger partial charge in [0.2, 0.25) is 5.28 Å². The number of aliphatic hydroxyl groups is 1. The first-order valence-corrected chi connectivity index (χ1v) is 8.80. The molecule has 0 fully saturated rings. The molecule has 138 valence electrons. The lowest BCUT2D eigenvalue weighted by Crippen LogP contribution is -2.16. The van der Waals surface area contributed by atoms with Crippen molar-refractivity contribution in [1.29, 1.82) is 0 Å². The van der Waals surface area contributed by atoms with Crippen LogP contribution in [0, 0.1) is 11.8 Å². The number of imidazole rings is 1. The highest BCUT2D eigenvalue weighted by Crippen LogP contribution is 2.21. The van der Waals surface area contributed by atoms with Crippen LogP contribution in [0.5, 0.6) is 0 Å². The number of hydrogen-bond acceptors (Lipinski definition) is 4. The molecule has 5 nitrogen and oxygen atoms in total. The standard InChI is InChI=1S/C20H23ClN2O3/c1-5-26-18(24)17-16(11-12-20(3,4)25)22-19(21)23(17)13-15-8-6-7-14(2)9-10-15/h6,8-10,25H,5,7,13H2,1-4H3. The third-order valence-corrected chi connectivity index (χ3v) is 3.86. The second-order valence-electron chi connectivity index (χ2n) is 6.55. The zero-order chi connectivity index (χ0) is 19.3. The molecular formula is C20H23ClN2O3. The van der Waals surface area contributed by atoms with Crippen LogP contribution in [0.25, 0.3) is 0 Å². The summed E-state index contributed by atoms with van der Waals surface area (Å²) in [5.41, 5.74) is 1.40. The Morgan fingerprint density at radius 3 is 2.85 bits per heavy atom. The van der Waals surface area contributed by atoms with Crippen molar-refractivity contribution in [3.05, 3.63) is 52.1 Å². The van der Waals surface area contributed by atoms with Crippen molar-refractivity contribution >= 4 is 17.6 Å². The third kappa shape index (κ3) is 5.35. The smallest absolute Gasteiger partial charge is 0.358 e. The molecule has 0 amide bonds. The zero-order valence-electron chi connectivity index (χ0n) is 15.5. The van der Waals surface area contributed by atoms with Crippen LogP contribution in [0.2, 0.25) is 5.28 Å². The van der Waals surface area contributed by atoms with Gasteiger partial charge in [0.25, 0.3) is 0 Å². The average Bonchev–Trinajstić information content (AvgIpc) is 2.70. The number of ether oxygens (including phenoxy) is 1. The Kier molecular flexibility index (Phi) is 6.47. The van der Waals surface area contributed by atoms with Crippen LogP contribution in [0.4, 0.5) is 0 Å². The Morgan fingerprint density at radius 1 is 1.46 bits per heavy atom.